The van der Waals surface area contributed by atoms with Crippen molar-refractivity contribution in [2.24, 2.45) is 4.99 Å². The lowest BCUT2D eigenvalue weighted by molar-refractivity contribution is 0.0697. The number of hydrogen-bond acceptors (Lipinski definition) is 3. The van der Waals surface area contributed by atoms with Gasteiger partial charge in [0.25, 0.3) is 0 Å². The van der Waals surface area contributed by atoms with Gasteiger partial charge in [0.1, 0.15) is 11.5 Å². The predicted octanol–water partition coefficient (Wildman–Crippen LogP) is 5.72. The minimum Gasteiger partial charge on any atom is -0.478 e. The van der Waals surface area contributed by atoms with Gasteiger partial charge in [-0.3, -0.25) is 4.99 Å². The van der Waals surface area contributed by atoms with Crippen LogP contribution in [0.2, 0.25) is 0 Å². The molecule has 0 saturated carbocycles. The highest BCUT2D eigenvalue weighted by atomic mass is 16.5. The number of nitrogens with zero attached hydrogens (tertiary/aromatic N) is 2. The van der Waals surface area contributed by atoms with E-state index in [1.165, 1.54) is 0 Å². The summed E-state index contributed by atoms with van der Waals surface area (Å²) in [6.45, 7) is 0. The number of aliphatic imine (C=N–C) groups is 1. The molecule has 0 fully saturated rings. The standard InChI is InChI=1S/C24H18N2O3/c27-24(28)18-8-12-20(13-9-18)26-16-4-5-21(26)17-25-19-10-14-23(15-11-19)29-22-6-2-1-3-7-22/h1-17H,(H,27,28). The van der Waals surface area contributed by atoms with Crippen molar-refractivity contribution < 1.29 is 14.6 Å². The Hall–Kier alpha value is -4.12. The van der Waals surface area contributed by atoms with Crippen LogP contribution in [0, 0.1) is 0 Å². The number of aromatic nitrogens is 1. The Bertz CT molecular complexity index is 1130. The zero-order valence-electron chi connectivity index (χ0n) is 15.5. The van der Waals surface area contributed by atoms with Crippen LogP contribution in [0.15, 0.2) is 102 Å². The number of carboxylic acid groups (broad SMARTS) is 1. The summed E-state index contributed by atoms with van der Waals surface area (Å²) in [7, 11) is 0. The third-order valence-corrected chi connectivity index (χ3v) is 4.33. The highest BCUT2D eigenvalue weighted by molar-refractivity contribution is 5.88. The van der Waals surface area contributed by atoms with Crippen LogP contribution in [0.5, 0.6) is 11.5 Å². The molecule has 1 aromatic heterocycles. The van der Waals surface area contributed by atoms with Crippen molar-refractivity contribution >= 4 is 17.9 Å². The molecule has 0 atom stereocenters. The third kappa shape index (κ3) is 4.42. The van der Waals surface area contributed by atoms with E-state index in [1.54, 1.807) is 30.5 Å². The Kier molecular flexibility index (Phi) is 5.21. The molecule has 0 spiro atoms. The Morgan fingerprint density at radius 3 is 2.21 bits per heavy atom. The number of rotatable bonds is 6. The number of aromatic carboxylic acids is 1. The van der Waals surface area contributed by atoms with Crippen molar-refractivity contribution in [3.63, 3.8) is 0 Å². The van der Waals surface area contributed by atoms with E-state index in [1.807, 2.05) is 77.5 Å². The molecule has 0 saturated heterocycles. The third-order valence-electron chi connectivity index (χ3n) is 4.33. The molecule has 3 aromatic carbocycles. The summed E-state index contributed by atoms with van der Waals surface area (Å²) in [6, 6.07) is 27.7. The number of carboxylic acids is 1. The van der Waals surface area contributed by atoms with Crippen molar-refractivity contribution in [1.82, 2.24) is 4.57 Å². The lowest BCUT2D eigenvalue weighted by atomic mass is 10.2. The van der Waals surface area contributed by atoms with Gasteiger partial charge in [-0.25, -0.2) is 4.79 Å². The molecule has 0 aliphatic carbocycles. The fourth-order valence-electron chi connectivity index (χ4n) is 2.86. The molecule has 29 heavy (non-hydrogen) atoms. The van der Waals surface area contributed by atoms with Gasteiger partial charge >= 0.3 is 5.97 Å². The Morgan fingerprint density at radius 1 is 0.828 bits per heavy atom. The SMILES string of the molecule is O=C(O)c1ccc(-n2cccc2C=Nc2ccc(Oc3ccccc3)cc2)cc1. The van der Waals surface area contributed by atoms with E-state index in [9.17, 15) is 4.79 Å². The van der Waals surface area contributed by atoms with Crippen LogP contribution in [0.25, 0.3) is 5.69 Å². The molecular formula is C24H18N2O3. The van der Waals surface area contributed by atoms with Crippen LogP contribution >= 0.6 is 0 Å². The van der Waals surface area contributed by atoms with Crippen molar-refractivity contribution in [3.05, 3.63) is 108 Å². The van der Waals surface area contributed by atoms with Crippen LogP contribution in [0.4, 0.5) is 5.69 Å². The van der Waals surface area contributed by atoms with Crippen LogP contribution in [0.3, 0.4) is 0 Å². The normalized spacial score (nSPS) is 10.9. The van der Waals surface area contributed by atoms with Gasteiger partial charge in [-0.15, -0.1) is 0 Å². The minimum absolute atomic E-state index is 0.258. The summed E-state index contributed by atoms with van der Waals surface area (Å²) in [6.07, 6.45) is 3.69. The van der Waals surface area contributed by atoms with E-state index in [0.717, 1.165) is 28.6 Å². The van der Waals surface area contributed by atoms with Gasteiger partial charge in [-0.1, -0.05) is 18.2 Å². The van der Waals surface area contributed by atoms with E-state index < -0.39 is 5.97 Å². The van der Waals surface area contributed by atoms with Crippen LogP contribution < -0.4 is 4.74 Å². The van der Waals surface area contributed by atoms with E-state index >= 15 is 0 Å². The second kappa shape index (κ2) is 8.27. The lowest BCUT2D eigenvalue weighted by Gasteiger charge is -2.07. The van der Waals surface area contributed by atoms with Gasteiger partial charge < -0.3 is 14.4 Å². The number of hydrogen-bond donors (Lipinski definition) is 1. The van der Waals surface area contributed by atoms with Crippen LogP contribution in [-0.4, -0.2) is 21.9 Å². The smallest absolute Gasteiger partial charge is 0.335 e. The van der Waals surface area contributed by atoms with Gasteiger partial charge in [-0.05, 0) is 72.8 Å². The first kappa shape index (κ1) is 18.3. The Balaban J connectivity index is 1.48. The average Bonchev–Trinajstić information content (AvgIpc) is 3.23. The number of benzene rings is 3. The van der Waals surface area contributed by atoms with Crippen molar-refractivity contribution in [2.75, 3.05) is 0 Å². The van der Waals surface area contributed by atoms with E-state index in [-0.39, 0.29) is 5.56 Å². The average molecular weight is 382 g/mol. The van der Waals surface area contributed by atoms with Gasteiger partial charge in [-0.2, -0.15) is 0 Å². The maximum Gasteiger partial charge on any atom is 0.335 e. The molecule has 4 rings (SSSR count). The molecule has 5 nitrogen and oxygen atoms in total. The Labute approximate surface area is 168 Å². The summed E-state index contributed by atoms with van der Waals surface area (Å²) in [5.41, 5.74) is 2.82. The summed E-state index contributed by atoms with van der Waals surface area (Å²) >= 11 is 0. The van der Waals surface area contributed by atoms with E-state index in [0.29, 0.717) is 0 Å². The summed E-state index contributed by atoms with van der Waals surface area (Å²) < 4.78 is 7.74. The monoisotopic (exact) mass is 382 g/mol. The number of carbonyl (C=O) groups is 1. The first-order valence-electron chi connectivity index (χ1n) is 9.07. The quantitative estimate of drug-likeness (QED) is 0.434. The molecule has 4 aromatic rings. The molecule has 0 aliphatic heterocycles. The molecule has 0 radical (unpaired) electrons. The first-order chi connectivity index (χ1) is 14.2. The second-order valence-corrected chi connectivity index (χ2v) is 6.32. The van der Waals surface area contributed by atoms with Gasteiger partial charge in [0, 0.05) is 11.9 Å². The maximum absolute atomic E-state index is 11.0. The van der Waals surface area contributed by atoms with Crippen molar-refractivity contribution in [3.8, 4) is 17.2 Å². The highest BCUT2D eigenvalue weighted by Crippen LogP contribution is 2.24. The summed E-state index contributed by atoms with van der Waals surface area (Å²) in [5.74, 6) is 0.595. The molecule has 5 heteroatoms. The maximum atomic E-state index is 11.0. The zero-order valence-corrected chi connectivity index (χ0v) is 15.5. The molecular weight excluding hydrogens is 364 g/mol. The minimum atomic E-state index is -0.939. The fourth-order valence-corrected chi connectivity index (χ4v) is 2.86. The van der Waals surface area contributed by atoms with Gasteiger partial charge in [0.15, 0.2) is 0 Å². The van der Waals surface area contributed by atoms with E-state index in [2.05, 4.69) is 4.99 Å². The molecule has 0 unspecified atom stereocenters. The molecule has 0 aliphatic rings. The topological polar surface area (TPSA) is 63.8 Å². The largest absolute Gasteiger partial charge is 0.478 e. The summed E-state index contributed by atoms with van der Waals surface area (Å²) in [5, 5.41) is 9.04. The molecule has 0 bridgehead atoms. The molecule has 0 amide bonds. The predicted molar refractivity (Wildman–Crippen MR) is 113 cm³/mol. The lowest BCUT2D eigenvalue weighted by Crippen LogP contribution is -2.00. The number of ether oxygens (including phenoxy) is 1. The van der Waals surface area contributed by atoms with Crippen molar-refractivity contribution in [2.45, 2.75) is 0 Å². The highest BCUT2D eigenvalue weighted by Gasteiger charge is 2.05. The molecule has 142 valence electrons. The Morgan fingerprint density at radius 2 is 1.52 bits per heavy atom. The van der Waals surface area contributed by atoms with Gasteiger partial charge in [0.2, 0.25) is 0 Å². The first-order valence-corrected chi connectivity index (χ1v) is 9.07. The van der Waals surface area contributed by atoms with Gasteiger partial charge in [0.05, 0.1) is 23.2 Å². The van der Waals surface area contributed by atoms with Crippen LogP contribution in [-0.2, 0) is 0 Å². The summed E-state index contributed by atoms with van der Waals surface area (Å²) in [4.78, 5) is 15.5. The number of para-hydroxylation sites is 1. The zero-order chi connectivity index (χ0) is 20.1. The fraction of sp³-hybridized carbons (Fsp3) is 0. The molecule has 1 N–H and O–H groups in total. The molecule has 1 heterocycles. The van der Waals surface area contributed by atoms with Crippen molar-refractivity contribution in [1.29, 1.82) is 0 Å². The van der Waals surface area contributed by atoms with E-state index in [4.69, 9.17) is 9.84 Å². The van der Waals surface area contributed by atoms with Crippen LogP contribution in [0.1, 0.15) is 16.1 Å². The second-order valence-electron chi connectivity index (χ2n) is 6.32.